The third-order valence-electron chi connectivity index (χ3n) is 1.93. The molecule has 1 aliphatic rings. The summed E-state index contributed by atoms with van der Waals surface area (Å²) in [6, 6.07) is 0. The van der Waals surface area contributed by atoms with Crippen LogP contribution in [0.1, 0.15) is 26.2 Å². The van der Waals surface area contributed by atoms with Gasteiger partial charge in [-0.2, -0.15) is 0 Å². The highest BCUT2D eigenvalue weighted by molar-refractivity contribution is 5.67. The highest BCUT2D eigenvalue weighted by Gasteiger charge is 2.15. The van der Waals surface area contributed by atoms with Crippen LogP contribution in [0.2, 0.25) is 0 Å². The fourth-order valence-electron chi connectivity index (χ4n) is 1.28. The Morgan fingerprint density at radius 3 is 3.08 bits per heavy atom. The predicted octanol–water partition coefficient (Wildman–Crippen LogP) is 1.79. The van der Waals surface area contributed by atoms with Gasteiger partial charge in [0.25, 0.3) is 0 Å². The van der Waals surface area contributed by atoms with Crippen molar-refractivity contribution in [1.82, 2.24) is 0 Å². The minimum Gasteiger partial charge on any atom is -0.498 e. The molecule has 0 spiro atoms. The molecule has 0 bridgehead atoms. The molecule has 0 aliphatic carbocycles. The third kappa shape index (κ3) is 2.57. The second kappa shape index (κ2) is 4.14. The van der Waals surface area contributed by atoms with Crippen LogP contribution < -0.4 is 0 Å². The van der Waals surface area contributed by atoms with E-state index in [4.69, 9.17) is 9.84 Å². The summed E-state index contributed by atoms with van der Waals surface area (Å²) in [5.41, 5.74) is 0. The van der Waals surface area contributed by atoms with E-state index in [2.05, 4.69) is 0 Å². The molecule has 0 fully saturated rings. The van der Waals surface area contributed by atoms with Gasteiger partial charge in [-0.3, -0.25) is 4.79 Å². The molecule has 1 rings (SSSR count). The highest BCUT2D eigenvalue weighted by Crippen LogP contribution is 2.20. The second-order valence-corrected chi connectivity index (χ2v) is 3.10. The first-order valence-corrected chi connectivity index (χ1v) is 4.25. The van der Waals surface area contributed by atoms with E-state index in [-0.39, 0.29) is 12.3 Å². The highest BCUT2D eigenvalue weighted by atomic mass is 16.5. The van der Waals surface area contributed by atoms with Gasteiger partial charge in [0.2, 0.25) is 0 Å². The molecule has 0 saturated carbocycles. The summed E-state index contributed by atoms with van der Waals surface area (Å²) in [5.74, 6) is 0.101. The van der Waals surface area contributed by atoms with Gasteiger partial charge in [-0.25, -0.2) is 0 Å². The average molecular weight is 170 g/mol. The van der Waals surface area contributed by atoms with E-state index in [1.54, 1.807) is 0 Å². The average Bonchev–Trinajstić information content (AvgIpc) is 2.05. The van der Waals surface area contributed by atoms with Crippen molar-refractivity contribution in [2.45, 2.75) is 26.2 Å². The van der Waals surface area contributed by atoms with E-state index >= 15 is 0 Å². The molecule has 0 aromatic carbocycles. The zero-order valence-electron chi connectivity index (χ0n) is 7.25. The summed E-state index contributed by atoms with van der Waals surface area (Å²) in [4.78, 5) is 10.4. The maximum atomic E-state index is 10.4. The molecule has 3 nitrogen and oxygen atoms in total. The summed E-state index contributed by atoms with van der Waals surface area (Å²) < 4.78 is 5.34. The van der Waals surface area contributed by atoms with Gasteiger partial charge in [0.05, 0.1) is 18.8 Å². The van der Waals surface area contributed by atoms with Crippen molar-refractivity contribution in [3.63, 3.8) is 0 Å². The van der Waals surface area contributed by atoms with Gasteiger partial charge in [0, 0.05) is 5.92 Å². The molecule has 1 unspecified atom stereocenters. The van der Waals surface area contributed by atoms with Crippen molar-refractivity contribution >= 4 is 5.97 Å². The van der Waals surface area contributed by atoms with Crippen molar-refractivity contribution in [3.8, 4) is 0 Å². The second-order valence-electron chi connectivity index (χ2n) is 3.10. The molecule has 68 valence electrons. The fourth-order valence-corrected chi connectivity index (χ4v) is 1.28. The van der Waals surface area contributed by atoms with Gasteiger partial charge in [-0.1, -0.05) is 6.92 Å². The fraction of sp³-hybridized carbons (Fsp3) is 0.667. The summed E-state index contributed by atoms with van der Waals surface area (Å²) in [5, 5.41) is 8.53. The van der Waals surface area contributed by atoms with E-state index in [1.807, 2.05) is 13.0 Å². The van der Waals surface area contributed by atoms with Crippen LogP contribution >= 0.6 is 0 Å². The van der Waals surface area contributed by atoms with Crippen molar-refractivity contribution in [3.05, 3.63) is 11.8 Å². The third-order valence-corrected chi connectivity index (χ3v) is 1.93. The van der Waals surface area contributed by atoms with Crippen molar-refractivity contribution in [1.29, 1.82) is 0 Å². The Labute approximate surface area is 72.0 Å². The lowest BCUT2D eigenvalue weighted by atomic mass is 10.0. The van der Waals surface area contributed by atoms with E-state index < -0.39 is 5.97 Å². The Bertz CT molecular complexity index is 196. The maximum Gasteiger partial charge on any atom is 0.304 e. The maximum absolute atomic E-state index is 10.4. The summed E-state index contributed by atoms with van der Waals surface area (Å²) in [6.45, 7) is 2.61. The number of ether oxygens (including phenoxy) is 1. The Morgan fingerprint density at radius 2 is 2.58 bits per heavy atom. The normalized spacial score (nSPS) is 19.2. The largest absolute Gasteiger partial charge is 0.498 e. The Balaban J connectivity index is 2.44. The number of hydrogen-bond donors (Lipinski definition) is 1. The number of carboxylic acids is 1. The molecule has 3 heteroatoms. The molecule has 0 radical (unpaired) electrons. The number of allylic oxidation sites excluding steroid dienone is 2. The van der Waals surface area contributed by atoms with Gasteiger partial charge < -0.3 is 9.84 Å². The van der Waals surface area contributed by atoms with Gasteiger partial charge in [0.1, 0.15) is 0 Å². The van der Waals surface area contributed by atoms with Crippen molar-refractivity contribution < 1.29 is 14.6 Å². The monoisotopic (exact) mass is 170 g/mol. The molecule has 1 heterocycles. The van der Waals surface area contributed by atoms with Crippen molar-refractivity contribution in [2.24, 2.45) is 5.92 Å². The van der Waals surface area contributed by atoms with E-state index in [0.717, 1.165) is 25.2 Å². The number of aliphatic carboxylic acids is 1. The number of hydrogen-bond acceptors (Lipinski definition) is 2. The summed E-state index contributed by atoms with van der Waals surface area (Å²) >= 11 is 0. The predicted molar refractivity (Wildman–Crippen MR) is 44.7 cm³/mol. The van der Waals surface area contributed by atoms with Crippen LogP contribution in [-0.2, 0) is 9.53 Å². The van der Waals surface area contributed by atoms with Crippen LogP contribution in [0.25, 0.3) is 0 Å². The molecule has 1 atom stereocenters. The summed E-state index contributed by atoms with van der Waals surface area (Å²) in [6.07, 6.45) is 4.21. The minimum atomic E-state index is -0.766. The van der Waals surface area contributed by atoms with E-state index in [9.17, 15) is 4.79 Å². The van der Waals surface area contributed by atoms with Crippen LogP contribution in [-0.4, -0.2) is 17.7 Å². The lowest BCUT2D eigenvalue weighted by Gasteiger charge is -2.19. The van der Waals surface area contributed by atoms with Crippen LogP contribution in [0.3, 0.4) is 0 Å². The van der Waals surface area contributed by atoms with Crippen LogP contribution in [0, 0.1) is 5.92 Å². The van der Waals surface area contributed by atoms with Crippen LogP contribution in [0.5, 0.6) is 0 Å². The first-order valence-electron chi connectivity index (χ1n) is 4.25. The lowest BCUT2D eigenvalue weighted by Crippen LogP contribution is -2.12. The molecule has 0 aromatic rings. The van der Waals surface area contributed by atoms with Crippen LogP contribution in [0.15, 0.2) is 11.8 Å². The molecule has 1 aliphatic heterocycles. The quantitative estimate of drug-likeness (QED) is 0.702. The number of rotatable bonds is 3. The summed E-state index contributed by atoms with van der Waals surface area (Å²) in [7, 11) is 0. The van der Waals surface area contributed by atoms with Gasteiger partial charge in [0.15, 0.2) is 0 Å². The molecular formula is C9H14O3. The number of carbonyl (C=O) groups is 1. The first kappa shape index (κ1) is 9.10. The molecule has 0 saturated heterocycles. The standard InChI is InChI=1S/C9H14O3/c1-7(6-9(10)11)8-4-2-3-5-12-8/h4,7H,2-3,5-6H2,1H3,(H,10,11). The Kier molecular flexibility index (Phi) is 3.14. The van der Waals surface area contributed by atoms with Gasteiger partial charge in [-0.05, 0) is 18.9 Å². The van der Waals surface area contributed by atoms with Crippen molar-refractivity contribution in [2.75, 3.05) is 6.61 Å². The molecule has 0 amide bonds. The lowest BCUT2D eigenvalue weighted by molar-refractivity contribution is -0.138. The van der Waals surface area contributed by atoms with Gasteiger partial charge in [-0.15, -0.1) is 0 Å². The SMILES string of the molecule is CC(CC(=O)O)C1=CCCCO1. The van der Waals surface area contributed by atoms with Gasteiger partial charge >= 0.3 is 5.97 Å². The molecule has 0 aromatic heterocycles. The number of carboxylic acid groups (broad SMARTS) is 1. The zero-order chi connectivity index (χ0) is 8.97. The molecule has 12 heavy (non-hydrogen) atoms. The topological polar surface area (TPSA) is 46.5 Å². The van der Waals surface area contributed by atoms with E-state index in [1.165, 1.54) is 0 Å². The van der Waals surface area contributed by atoms with Crippen LogP contribution in [0.4, 0.5) is 0 Å². The molecule has 1 N–H and O–H groups in total. The first-order chi connectivity index (χ1) is 5.70. The Morgan fingerprint density at radius 1 is 1.83 bits per heavy atom. The zero-order valence-corrected chi connectivity index (χ0v) is 7.25. The minimum absolute atomic E-state index is 0.0165. The molecular weight excluding hydrogens is 156 g/mol. The smallest absolute Gasteiger partial charge is 0.304 e. The Hall–Kier alpha value is -0.990. The van der Waals surface area contributed by atoms with E-state index in [0.29, 0.717) is 0 Å².